The van der Waals surface area contributed by atoms with Crippen LogP contribution in [0.4, 0.5) is 0 Å². The van der Waals surface area contributed by atoms with Crippen LogP contribution in [0.25, 0.3) is 0 Å². The van der Waals surface area contributed by atoms with Gasteiger partial charge in [-0.1, -0.05) is 18.2 Å². The monoisotopic (exact) mass is 386 g/mol. The molecule has 0 aliphatic carbocycles. The van der Waals surface area contributed by atoms with Crippen LogP contribution in [-0.2, 0) is 28.4 Å². The van der Waals surface area contributed by atoms with Crippen LogP contribution in [0.2, 0.25) is 0 Å². The molecule has 28 heavy (non-hydrogen) atoms. The highest BCUT2D eigenvalue weighted by Crippen LogP contribution is 2.43. The molecule has 6 nitrogen and oxygen atoms in total. The lowest BCUT2D eigenvalue weighted by molar-refractivity contribution is -0.215. The molecular formula is C22H26O6. The minimum atomic E-state index is -0.677. The van der Waals surface area contributed by atoms with Gasteiger partial charge in [-0.3, -0.25) is 0 Å². The zero-order chi connectivity index (χ0) is 19.2. The van der Waals surface area contributed by atoms with Gasteiger partial charge in [0, 0.05) is 24.0 Å². The van der Waals surface area contributed by atoms with E-state index >= 15 is 0 Å². The lowest BCUT2D eigenvalue weighted by Crippen LogP contribution is -2.36. The minimum Gasteiger partial charge on any atom is -0.465 e. The van der Waals surface area contributed by atoms with E-state index in [0.29, 0.717) is 13.2 Å². The van der Waals surface area contributed by atoms with Gasteiger partial charge in [0.1, 0.15) is 13.2 Å². The Morgan fingerprint density at radius 2 is 1.29 bits per heavy atom. The largest absolute Gasteiger partial charge is 0.465 e. The van der Waals surface area contributed by atoms with Crippen LogP contribution in [0.5, 0.6) is 0 Å². The molecule has 0 saturated carbocycles. The molecule has 0 bridgehead atoms. The lowest BCUT2D eigenvalue weighted by Gasteiger charge is -2.31. The predicted molar refractivity (Wildman–Crippen MR) is 99.6 cm³/mol. The molecule has 1 aromatic rings. The third kappa shape index (κ3) is 3.35. The van der Waals surface area contributed by atoms with Gasteiger partial charge in [0.25, 0.3) is 0 Å². The van der Waals surface area contributed by atoms with Crippen LogP contribution >= 0.6 is 0 Å². The predicted octanol–water partition coefficient (Wildman–Crippen LogP) is 4.60. The van der Waals surface area contributed by atoms with Crippen molar-refractivity contribution >= 4 is 0 Å². The highest BCUT2D eigenvalue weighted by molar-refractivity contribution is 5.26. The van der Waals surface area contributed by atoms with Crippen molar-refractivity contribution in [3.05, 3.63) is 59.1 Å². The van der Waals surface area contributed by atoms with E-state index < -0.39 is 24.2 Å². The van der Waals surface area contributed by atoms with E-state index in [1.807, 2.05) is 38.1 Å². The maximum Gasteiger partial charge on any atom is 0.236 e. The van der Waals surface area contributed by atoms with Crippen molar-refractivity contribution in [1.29, 1.82) is 0 Å². The number of hydrogen-bond acceptors (Lipinski definition) is 6. The van der Waals surface area contributed by atoms with Crippen molar-refractivity contribution in [3.63, 3.8) is 0 Å². The maximum absolute atomic E-state index is 6.19. The van der Waals surface area contributed by atoms with Crippen molar-refractivity contribution in [1.82, 2.24) is 0 Å². The third-order valence-corrected chi connectivity index (χ3v) is 5.62. The fraction of sp³-hybridized carbons (Fsp3) is 0.545. The first-order valence-corrected chi connectivity index (χ1v) is 9.95. The van der Waals surface area contributed by atoms with Gasteiger partial charge >= 0.3 is 0 Å². The van der Waals surface area contributed by atoms with Crippen LogP contribution in [0, 0.1) is 0 Å². The highest BCUT2D eigenvalue weighted by atomic mass is 16.8. The Balaban J connectivity index is 1.30. The molecule has 4 aliphatic heterocycles. The second kappa shape index (κ2) is 6.88. The second-order valence-corrected chi connectivity index (χ2v) is 7.92. The first kappa shape index (κ1) is 18.2. The second-order valence-electron chi connectivity index (χ2n) is 7.92. The fourth-order valence-electron chi connectivity index (χ4n) is 4.24. The summed E-state index contributed by atoms with van der Waals surface area (Å²) >= 11 is 0. The van der Waals surface area contributed by atoms with Gasteiger partial charge < -0.3 is 28.4 Å². The van der Waals surface area contributed by atoms with Crippen LogP contribution < -0.4 is 0 Å². The number of hydrogen-bond donors (Lipinski definition) is 0. The molecule has 0 N–H and O–H groups in total. The van der Waals surface area contributed by atoms with Gasteiger partial charge in [-0.2, -0.15) is 0 Å². The molecule has 5 rings (SSSR count). The molecule has 0 amide bonds. The average molecular weight is 386 g/mol. The Bertz CT molecular complexity index is 754. The van der Waals surface area contributed by atoms with Crippen LogP contribution in [0.1, 0.15) is 63.2 Å². The highest BCUT2D eigenvalue weighted by Gasteiger charge is 2.47. The smallest absolute Gasteiger partial charge is 0.236 e. The molecular weight excluding hydrogens is 360 g/mol. The summed E-state index contributed by atoms with van der Waals surface area (Å²) in [7, 11) is 0. The average Bonchev–Trinajstić information content (AvgIpc) is 3.27. The molecule has 2 fully saturated rings. The molecule has 4 aliphatic rings. The van der Waals surface area contributed by atoms with Crippen molar-refractivity contribution in [2.75, 3.05) is 13.2 Å². The number of rotatable bonds is 2. The Labute approximate surface area is 165 Å². The normalized spacial score (nSPS) is 37.5. The Morgan fingerprint density at radius 3 is 1.75 bits per heavy atom. The van der Waals surface area contributed by atoms with E-state index in [-0.39, 0.29) is 0 Å². The third-order valence-electron chi connectivity index (χ3n) is 5.62. The van der Waals surface area contributed by atoms with E-state index in [2.05, 4.69) is 12.2 Å². The molecule has 4 atom stereocenters. The zero-order valence-electron chi connectivity index (χ0n) is 16.3. The molecule has 0 radical (unpaired) electrons. The minimum absolute atomic E-state index is 0.423. The van der Waals surface area contributed by atoms with Crippen molar-refractivity contribution in [2.45, 2.75) is 63.7 Å². The van der Waals surface area contributed by atoms with Crippen LogP contribution in [-0.4, -0.2) is 24.8 Å². The van der Waals surface area contributed by atoms with Gasteiger partial charge in [-0.25, -0.2) is 0 Å². The van der Waals surface area contributed by atoms with Gasteiger partial charge in [0.05, 0.1) is 11.5 Å². The van der Waals surface area contributed by atoms with Crippen molar-refractivity contribution < 1.29 is 28.4 Å². The van der Waals surface area contributed by atoms with E-state index in [0.717, 1.165) is 48.3 Å². The number of allylic oxidation sites excluding steroid dienone is 4. The topological polar surface area (TPSA) is 55.4 Å². The molecule has 150 valence electrons. The van der Waals surface area contributed by atoms with E-state index in [1.165, 1.54) is 0 Å². The van der Waals surface area contributed by atoms with Gasteiger partial charge in [-0.05, 0) is 44.9 Å². The van der Waals surface area contributed by atoms with Crippen LogP contribution in [0.15, 0.2) is 47.9 Å². The summed E-state index contributed by atoms with van der Waals surface area (Å²) in [4.78, 5) is 0. The first-order chi connectivity index (χ1) is 13.5. The standard InChI is InChI=1S/C22H26O6/c1-15-6-4-10-21(25-15)13-23-19(27-21)17-8-3-9-18(12-17)20-24-14-22(28-20)11-5-7-16(2)26-22/h3,6-9,12,19-20H,4-5,10-11,13-14H2,1-2H3. The summed E-state index contributed by atoms with van der Waals surface area (Å²) in [6.45, 7) is 4.75. The molecule has 1 aromatic carbocycles. The summed E-state index contributed by atoms with van der Waals surface area (Å²) in [5.74, 6) is 0.422. The van der Waals surface area contributed by atoms with E-state index in [4.69, 9.17) is 28.4 Å². The summed E-state index contributed by atoms with van der Waals surface area (Å²) in [6, 6.07) is 7.98. The summed E-state index contributed by atoms with van der Waals surface area (Å²) in [5.41, 5.74) is 1.86. The van der Waals surface area contributed by atoms with Crippen molar-refractivity contribution in [3.8, 4) is 0 Å². The fourth-order valence-corrected chi connectivity index (χ4v) is 4.24. The lowest BCUT2D eigenvalue weighted by atomic mass is 10.1. The van der Waals surface area contributed by atoms with E-state index in [1.54, 1.807) is 0 Å². The zero-order valence-corrected chi connectivity index (χ0v) is 16.3. The molecule has 4 heterocycles. The van der Waals surface area contributed by atoms with E-state index in [9.17, 15) is 0 Å². The number of ether oxygens (including phenoxy) is 6. The molecule has 2 spiro atoms. The quantitative estimate of drug-likeness (QED) is 0.741. The summed E-state index contributed by atoms with van der Waals surface area (Å²) < 4.78 is 36.1. The van der Waals surface area contributed by atoms with Gasteiger partial charge in [0.2, 0.25) is 11.6 Å². The van der Waals surface area contributed by atoms with Crippen LogP contribution in [0.3, 0.4) is 0 Å². The first-order valence-electron chi connectivity index (χ1n) is 9.95. The Kier molecular flexibility index (Phi) is 4.47. The van der Waals surface area contributed by atoms with Gasteiger partial charge in [-0.15, -0.1) is 0 Å². The van der Waals surface area contributed by atoms with Crippen molar-refractivity contribution in [2.24, 2.45) is 0 Å². The Morgan fingerprint density at radius 1 is 0.786 bits per heavy atom. The Hall–Kier alpha value is -1.86. The maximum atomic E-state index is 6.19. The number of benzene rings is 1. The molecule has 0 aromatic heterocycles. The van der Waals surface area contributed by atoms with Gasteiger partial charge in [0.15, 0.2) is 12.6 Å². The molecule has 4 unspecified atom stereocenters. The SMILES string of the molecule is CC1=CCCC2(COC(c3cccc(C4OCC5(CCC=C(C)O5)O4)c3)O2)O1. The molecule has 6 heteroatoms. The summed E-state index contributed by atoms with van der Waals surface area (Å²) in [5, 5.41) is 0. The molecule has 2 saturated heterocycles. The summed E-state index contributed by atoms with van der Waals surface area (Å²) in [6.07, 6.45) is 6.69.